The maximum absolute atomic E-state index is 4.54. The van der Waals surface area contributed by atoms with Crippen molar-refractivity contribution >= 4 is 12.6 Å². The zero-order valence-corrected chi connectivity index (χ0v) is 7.14. The molecule has 0 aromatic carbocycles. The van der Waals surface area contributed by atoms with Gasteiger partial charge in [-0.1, -0.05) is 37.6 Å². The van der Waals surface area contributed by atoms with Crippen LogP contribution in [0.4, 0.5) is 0 Å². The maximum atomic E-state index is 4.54. The van der Waals surface area contributed by atoms with E-state index in [1.165, 1.54) is 6.42 Å². The van der Waals surface area contributed by atoms with Crippen LogP contribution in [0.25, 0.3) is 0 Å². The normalized spacial score (nSPS) is 31.0. The van der Waals surface area contributed by atoms with E-state index in [4.69, 9.17) is 0 Å². The highest BCUT2D eigenvalue weighted by molar-refractivity contribution is 7.82. The summed E-state index contributed by atoms with van der Waals surface area (Å²) in [6.45, 7) is 2.18. The summed E-state index contributed by atoms with van der Waals surface area (Å²) in [5.41, 5.74) is 0. The van der Waals surface area contributed by atoms with Gasteiger partial charge in [-0.2, -0.15) is 12.6 Å². The first kappa shape index (κ1) is 7.93. The first-order valence-electron chi connectivity index (χ1n) is 3.69. The SMILES string of the molecule is CCCC1(S)[CH]C=CC=C1. The van der Waals surface area contributed by atoms with Crippen molar-refractivity contribution in [1.29, 1.82) is 0 Å². The molecular weight excluding hydrogens is 140 g/mol. The lowest BCUT2D eigenvalue weighted by molar-refractivity contribution is 0.710. The molecule has 1 aliphatic rings. The molecule has 0 aromatic heterocycles. The Hall–Kier alpha value is -0.170. The van der Waals surface area contributed by atoms with Crippen molar-refractivity contribution in [3.8, 4) is 0 Å². The van der Waals surface area contributed by atoms with E-state index in [0.29, 0.717) is 0 Å². The Kier molecular flexibility index (Phi) is 2.61. The molecule has 1 aliphatic carbocycles. The number of rotatable bonds is 2. The summed E-state index contributed by atoms with van der Waals surface area (Å²) in [6, 6.07) is 0. The number of allylic oxidation sites excluding steroid dienone is 3. The quantitative estimate of drug-likeness (QED) is 0.579. The molecule has 0 heterocycles. The van der Waals surface area contributed by atoms with Crippen LogP contribution in [0.15, 0.2) is 24.3 Å². The van der Waals surface area contributed by atoms with Crippen LogP contribution in [0.2, 0.25) is 0 Å². The Morgan fingerprint density at radius 3 is 2.60 bits per heavy atom. The van der Waals surface area contributed by atoms with E-state index >= 15 is 0 Å². The molecule has 1 radical (unpaired) electrons. The fourth-order valence-electron chi connectivity index (χ4n) is 1.13. The minimum Gasteiger partial charge on any atom is -0.168 e. The molecule has 0 fully saturated rings. The van der Waals surface area contributed by atoms with Crippen LogP contribution in [-0.4, -0.2) is 4.75 Å². The van der Waals surface area contributed by atoms with Crippen LogP contribution >= 0.6 is 12.6 Å². The van der Waals surface area contributed by atoms with Crippen LogP contribution in [0.3, 0.4) is 0 Å². The second kappa shape index (κ2) is 3.29. The molecule has 0 aromatic rings. The van der Waals surface area contributed by atoms with Crippen LogP contribution in [0.5, 0.6) is 0 Å². The van der Waals surface area contributed by atoms with Gasteiger partial charge in [0.15, 0.2) is 0 Å². The number of hydrogen-bond donors (Lipinski definition) is 1. The smallest absolute Gasteiger partial charge is 0.0380 e. The zero-order valence-electron chi connectivity index (χ0n) is 6.25. The van der Waals surface area contributed by atoms with Gasteiger partial charge in [0.05, 0.1) is 0 Å². The Morgan fingerprint density at radius 1 is 1.30 bits per heavy atom. The molecule has 0 aliphatic heterocycles. The van der Waals surface area contributed by atoms with Crippen LogP contribution in [-0.2, 0) is 0 Å². The molecule has 0 nitrogen and oxygen atoms in total. The van der Waals surface area contributed by atoms with Crippen LogP contribution < -0.4 is 0 Å². The fraction of sp³-hybridized carbons (Fsp3) is 0.444. The minimum atomic E-state index is 0.0312. The average Bonchev–Trinajstić information content (AvgIpc) is 1.89. The molecule has 0 N–H and O–H groups in total. The van der Waals surface area contributed by atoms with Crippen molar-refractivity contribution in [2.24, 2.45) is 0 Å². The van der Waals surface area contributed by atoms with E-state index in [2.05, 4.69) is 44.2 Å². The van der Waals surface area contributed by atoms with E-state index in [-0.39, 0.29) is 4.75 Å². The largest absolute Gasteiger partial charge is 0.168 e. The predicted molar refractivity (Wildman–Crippen MR) is 49.2 cm³/mol. The van der Waals surface area contributed by atoms with Gasteiger partial charge in [0.25, 0.3) is 0 Å². The summed E-state index contributed by atoms with van der Waals surface area (Å²) in [7, 11) is 0. The van der Waals surface area contributed by atoms with E-state index < -0.39 is 0 Å². The van der Waals surface area contributed by atoms with Crippen molar-refractivity contribution in [3.05, 3.63) is 30.7 Å². The third-order valence-corrected chi connectivity index (χ3v) is 2.16. The van der Waals surface area contributed by atoms with Crippen molar-refractivity contribution in [1.82, 2.24) is 0 Å². The highest BCUT2D eigenvalue weighted by Gasteiger charge is 2.20. The summed E-state index contributed by atoms with van der Waals surface area (Å²) in [4.78, 5) is 0. The topological polar surface area (TPSA) is 0 Å². The summed E-state index contributed by atoms with van der Waals surface area (Å²) in [5, 5.41) is 0. The van der Waals surface area contributed by atoms with Gasteiger partial charge in [-0.3, -0.25) is 0 Å². The lowest BCUT2D eigenvalue weighted by Crippen LogP contribution is -2.18. The first-order valence-corrected chi connectivity index (χ1v) is 4.14. The molecule has 1 atom stereocenters. The molecule has 10 heavy (non-hydrogen) atoms. The molecule has 1 unspecified atom stereocenters. The second-order valence-corrected chi connectivity index (χ2v) is 3.48. The zero-order chi connectivity index (χ0) is 7.45. The lowest BCUT2D eigenvalue weighted by Gasteiger charge is -2.23. The molecule has 0 saturated carbocycles. The Morgan fingerprint density at radius 2 is 2.10 bits per heavy atom. The molecule has 0 bridgehead atoms. The Bertz CT molecular complexity index is 158. The molecule has 55 valence electrons. The molecule has 0 saturated heterocycles. The first-order chi connectivity index (χ1) is 4.77. The maximum Gasteiger partial charge on any atom is 0.0380 e. The van der Waals surface area contributed by atoms with Crippen molar-refractivity contribution in [2.75, 3.05) is 0 Å². The highest BCUT2D eigenvalue weighted by Crippen LogP contribution is 2.28. The number of hydrogen-bond acceptors (Lipinski definition) is 1. The number of thiol groups is 1. The van der Waals surface area contributed by atoms with Gasteiger partial charge in [-0.05, 0) is 6.42 Å². The summed E-state index contributed by atoms with van der Waals surface area (Å²) in [6.07, 6.45) is 12.7. The van der Waals surface area contributed by atoms with Gasteiger partial charge in [-0.15, -0.1) is 0 Å². The van der Waals surface area contributed by atoms with Gasteiger partial charge in [-0.25, -0.2) is 0 Å². The Balaban J connectivity index is 2.52. The Labute approximate surface area is 68.4 Å². The fourth-order valence-corrected chi connectivity index (χ4v) is 1.53. The van der Waals surface area contributed by atoms with Gasteiger partial charge >= 0.3 is 0 Å². The predicted octanol–water partition coefficient (Wildman–Crippen LogP) is 2.79. The molecule has 0 spiro atoms. The molecule has 1 heteroatoms. The van der Waals surface area contributed by atoms with Gasteiger partial charge < -0.3 is 0 Å². The minimum absolute atomic E-state index is 0.0312. The van der Waals surface area contributed by atoms with Crippen molar-refractivity contribution in [2.45, 2.75) is 24.5 Å². The van der Waals surface area contributed by atoms with E-state index in [9.17, 15) is 0 Å². The van der Waals surface area contributed by atoms with Gasteiger partial charge in [0.1, 0.15) is 0 Å². The van der Waals surface area contributed by atoms with Gasteiger partial charge in [0, 0.05) is 11.2 Å². The van der Waals surface area contributed by atoms with E-state index in [1.54, 1.807) is 0 Å². The second-order valence-electron chi connectivity index (χ2n) is 2.65. The third-order valence-electron chi connectivity index (χ3n) is 1.64. The average molecular weight is 153 g/mol. The monoisotopic (exact) mass is 153 g/mol. The molecule has 1 rings (SSSR count). The molecular formula is C9H13S. The van der Waals surface area contributed by atoms with Crippen LogP contribution in [0, 0.1) is 6.42 Å². The van der Waals surface area contributed by atoms with Crippen molar-refractivity contribution in [3.63, 3.8) is 0 Å². The third kappa shape index (κ3) is 1.91. The summed E-state index contributed by atoms with van der Waals surface area (Å²) < 4.78 is 0.0312. The lowest BCUT2D eigenvalue weighted by atomic mass is 9.95. The van der Waals surface area contributed by atoms with Gasteiger partial charge in [0.2, 0.25) is 0 Å². The van der Waals surface area contributed by atoms with E-state index in [0.717, 1.165) is 6.42 Å². The summed E-state index contributed by atoms with van der Waals surface area (Å²) in [5.74, 6) is 0. The van der Waals surface area contributed by atoms with Crippen molar-refractivity contribution < 1.29 is 0 Å². The van der Waals surface area contributed by atoms with Crippen LogP contribution in [0.1, 0.15) is 19.8 Å². The highest BCUT2D eigenvalue weighted by atomic mass is 32.1. The molecule has 0 amide bonds. The summed E-state index contributed by atoms with van der Waals surface area (Å²) >= 11 is 4.54. The van der Waals surface area contributed by atoms with E-state index in [1.807, 2.05) is 6.08 Å². The standard InChI is InChI=1S/C9H13S/c1-2-6-9(10)7-4-3-5-8-9/h3-5,7-8,10H,2,6H2,1H3.